The van der Waals surface area contributed by atoms with Gasteiger partial charge in [0, 0.05) is 12.6 Å². The van der Waals surface area contributed by atoms with Gasteiger partial charge < -0.3 is 20.3 Å². The van der Waals surface area contributed by atoms with Crippen molar-refractivity contribution in [1.82, 2.24) is 5.32 Å². The van der Waals surface area contributed by atoms with Crippen molar-refractivity contribution in [2.45, 2.75) is 19.4 Å². The van der Waals surface area contributed by atoms with Crippen molar-refractivity contribution in [2.75, 3.05) is 38.2 Å². The third-order valence-corrected chi connectivity index (χ3v) is 4.87. The van der Waals surface area contributed by atoms with Crippen LogP contribution in [0.5, 0.6) is 0 Å². The summed E-state index contributed by atoms with van der Waals surface area (Å²) in [7, 11) is 0. The van der Waals surface area contributed by atoms with E-state index in [1.807, 2.05) is 42.5 Å². The van der Waals surface area contributed by atoms with Crippen molar-refractivity contribution in [3.8, 4) is 0 Å². The lowest BCUT2D eigenvalue weighted by Gasteiger charge is -2.28. The van der Waals surface area contributed by atoms with Crippen LogP contribution in [0.3, 0.4) is 0 Å². The Hall–Kier alpha value is -2.70. The number of carbonyl (C=O) groups is 2. The van der Waals surface area contributed by atoms with Crippen LogP contribution in [-0.4, -0.2) is 44.7 Å². The summed E-state index contributed by atoms with van der Waals surface area (Å²) in [6.07, 6.45) is 0.308. The molecule has 0 saturated carbocycles. The molecule has 2 aromatic carbocycles. The fraction of sp³-hybridized carbons (Fsp3) is 0.364. The first-order chi connectivity index (χ1) is 13.6. The van der Waals surface area contributed by atoms with E-state index in [0.29, 0.717) is 6.42 Å². The van der Waals surface area contributed by atoms with E-state index < -0.39 is 0 Å². The summed E-state index contributed by atoms with van der Waals surface area (Å²) in [6.45, 7) is 5.78. The molecule has 0 radical (unpaired) electrons. The van der Waals surface area contributed by atoms with Crippen LogP contribution < -0.4 is 15.5 Å². The van der Waals surface area contributed by atoms with E-state index in [1.165, 1.54) is 11.8 Å². The SMILES string of the molecule is CC(=O)Nc1ccc(CC(=O)N[C@@H](C[NH+]2CCOCC2)c2ccccc2)cc1. The molecule has 6 nitrogen and oxygen atoms in total. The second-order valence-corrected chi connectivity index (χ2v) is 7.15. The fourth-order valence-electron chi connectivity index (χ4n) is 3.43. The maximum Gasteiger partial charge on any atom is 0.225 e. The minimum Gasteiger partial charge on any atom is -0.370 e. The van der Waals surface area contributed by atoms with Gasteiger partial charge in [-0.25, -0.2) is 0 Å². The van der Waals surface area contributed by atoms with Crippen LogP contribution in [0.15, 0.2) is 54.6 Å². The topological polar surface area (TPSA) is 71.9 Å². The van der Waals surface area contributed by atoms with Crippen molar-refractivity contribution in [1.29, 1.82) is 0 Å². The quantitative estimate of drug-likeness (QED) is 0.668. The molecular weight excluding hydrogens is 354 g/mol. The van der Waals surface area contributed by atoms with Crippen LogP contribution in [0.25, 0.3) is 0 Å². The van der Waals surface area contributed by atoms with Gasteiger partial charge in [-0.2, -0.15) is 0 Å². The highest BCUT2D eigenvalue weighted by molar-refractivity contribution is 5.88. The first-order valence-corrected chi connectivity index (χ1v) is 9.72. The van der Waals surface area contributed by atoms with E-state index in [0.717, 1.165) is 49.7 Å². The Bertz CT molecular complexity index is 771. The molecule has 2 aromatic rings. The Morgan fingerprint density at radius 3 is 2.36 bits per heavy atom. The number of benzene rings is 2. The third kappa shape index (κ3) is 6.18. The van der Waals surface area contributed by atoms with E-state index in [-0.39, 0.29) is 17.9 Å². The number of morpholine rings is 1. The van der Waals surface area contributed by atoms with Gasteiger partial charge in [-0.15, -0.1) is 0 Å². The zero-order valence-electron chi connectivity index (χ0n) is 16.2. The molecule has 1 heterocycles. The number of nitrogens with one attached hydrogen (secondary N) is 3. The van der Waals surface area contributed by atoms with Gasteiger partial charge in [0.25, 0.3) is 0 Å². The molecular formula is C22H28N3O3+. The number of rotatable bonds is 7. The molecule has 2 amide bonds. The highest BCUT2D eigenvalue weighted by Crippen LogP contribution is 2.13. The first-order valence-electron chi connectivity index (χ1n) is 9.72. The molecule has 1 aliphatic heterocycles. The molecule has 3 rings (SSSR count). The average molecular weight is 382 g/mol. The Morgan fingerprint density at radius 1 is 1.04 bits per heavy atom. The maximum absolute atomic E-state index is 12.7. The number of quaternary nitrogens is 1. The van der Waals surface area contributed by atoms with Crippen molar-refractivity contribution in [3.63, 3.8) is 0 Å². The van der Waals surface area contributed by atoms with Gasteiger partial charge in [0.1, 0.15) is 25.7 Å². The van der Waals surface area contributed by atoms with Crippen molar-refractivity contribution >= 4 is 17.5 Å². The molecule has 0 spiro atoms. The molecule has 28 heavy (non-hydrogen) atoms. The van der Waals surface area contributed by atoms with E-state index in [9.17, 15) is 9.59 Å². The number of amides is 2. The van der Waals surface area contributed by atoms with E-state index in [2.05, 4.69) is 22.8 Å². The molecule has 1 saturated heterocycles. The molecule has 6 heteroatoms. The molecule has 0 aromatic heterocycles. The maximum atomic E-state index is 12.7. The minimum atomic E-state index is -0.109. The van der Waals surface area contributed by atoms with Gasteiger partial charge in [-0.3, -0.25) is 9.59 Å². The Kier molecular flexibility index (Phi) is 7.17. The van der Waals surface area contributed by atoms with Crippen LogP contribution >= 0.6 is 0 Å². The predicted molar refractivity (Wildman–Crippen MR) is 108 cm³/mol. The summed E-state index contributed by atoms with van der Waals surface area (Å²) in [4.78, 5) is 25.2. The number of anilines is 1. The predicted octanol–water partition coefficient (Wildman–Crippen LogP) is 0.960. The molecule has 148 valence electrons. The summed E-state index contributed by atoms with van der Waals surface area (Å²) in [6, 6.07) is 17.5. The van der Waals surface area contributed by atoms with Crippen molar-refractivity contribution < 1.29 is 19.2 Å². The summed E-state index contributed by atoms with van der Waals surface area (Å²) < 4.78 is 5.45. The minimum absolute atomic E-state index is 0.00575. The third-order valence-electron chi connectivity index (χ3n) is 4.87. The summed E-state index contributed by atoms with van der Waals surface area (Å²) in [5, 5.41) is 5.94. The summed E-state index contributed by atoms with van der Waals surface area (Å²) >= 11 is 0. The first kappa shape index (κ1) is 20.0. The number of hydrogen-bond acceptors (Lipinski definition) is 3. The molecule has 1 fully saturated rings. The number of hydrogen-bond donors (Lipinski definition) is 3. The molecule has 1 aliphatic rings. The van der Waals surface area contributed by atoms with Gasteiger partial charge >= 0.3 is 0 Å². The van der Waals surface area contributed by atoms with Crippen LogP contribution in [-0.2, 0) is 20.7 Å². The molecule has 1 atom stereocenters. The number of ether oxygens (including phenoxy) is 1. The molecule has 0 bridgehead atoms. The van der Waals surface area contributed by atoms with E-state index in [4.69, 9.17) is 4.74 Å². The lowest BCUT2D eigenvalue weighted by atomic mass is 10.0. The average Bonchev–Trinajstić information content (AvgIpc) is 2.70. The van der Waals surface area contributed by atoms with Crippen molar-refractivity contribution in [2.24, 2.45) is 0 Å². The second-order valence-electron chi connectivity index (χ2n) is 7.15. The summed E-state index contributed by atoms with van der Waals surface area (Å²) in [5.41, 5.74) is 2.77. The standard InChI is InChI=1S/C22H27N3O3/c1-17(26)23-20-9-7-18(8-10-20)15-22(27)24-21(19-5-3-2-4-6-19)16-25-11-13-28-14-12-25/h2-10,21H,11-16H2,1H3,(H,23,26)(H,24,27)/p+1/t21-/m0/s1. The van der Waals surface area contributed by atoms with Crippen LogP contribution in [0, 0.1) is 0 Å². The second kappa shape index (κ2) is 10.0. The van der Waals surface area contributed by atoms with Crippen LogP contribution in [0.4, 0.5) is 5.69 Å². The zero-order valence-corrected chi connectivity index (χ0v) is 16.2. The Labute approximate surface area is 165 Å². The summed E-state index contributed by atoms with van der Waals surface area (Å²) in [5.74, 6) is -0.115. The monoisotopic (exact) mass is 382 g/mol. The van der Waals surface area contributed by atoms with Gasteiger partial charge in [-0.1, -0.05) is 42.5 Å². The fourth-order valence-corrected chi connectivity index (χ4v) is 3.43. The van der Waals surface area contributed by atoms with E-state index in [1.54, 1.807) is 0 Å². The zero-order chi connectivity index (χ0) is 19.8. The highest BCUT2D eigenvalue weighted by atomic mass is 16.5. The van der Waals surface area contributed by atoms with Crippen LogP contribution in [0.1, 0.15) is 24.1 Å². The lowest BCUT2D eigenvalue weighted by molar-refractivity contribution is -0.909. The van der Waals surface area contributed by atoms with Gasteiger partial charge in [0.15, 0.2) is 0 Å². The van der Waals surface area contributed by atoms with Gasteiger partial charge in [-0.05, 0) is 23.3 Å². The molecule has 0 aliphatic carbocycles. The Balaban J connectivity index is 1.62. The Morgan fingerprint density at radius 2 is 1.71 bits per heavy atom. The molecule has 0 unspecified atom stereocenters. The highest BCUT2D eigenvalue weighted by Gasteiger charge is 2.22. The lowest BCUT2D eigenvalue weighted by Crippen LogP contribution is -3.14. The van der Waals surface area contributed by atoms with Gasteiger partial charge in [0.05, 0.1) is 19.6 Å². The molecule has 3 N–H and O–H groups in total. The van der Waals surface area contributed by atoms with E-state index >= 15 is 0 Å². The smallest absolute Gasteiger partial charge is 0.225 e. The largest absolute Gasteiger partial charge is 0.370 e. The van der Waals surface area contributed by atoms with Crippen molar-refractivity contribution in [3.05, 3.63) is 65.7 Å². The van der Waals surface area contributed by atoms with Crippen LogP contribution in [0.2, 0.25) is 0 Å². The number of carbonyl (C=O) groups excluding carboxylic acids is 2. The van der Waals surface area contributed by atoms with Gasteiger partial charge in [0.2, 0.25) is 11.8 Å². The normalized spacial score (nSPS) is 15.6.